The molecule has 2 fully saturated rings. The molecule has 0 saturated carbocycles. The second-order valence-corrected chi connectivity index (χ2v) is 8.01. The minimum Gasteiger partial charge on any atom is -0.316 e. The van der Waals surface area contributed by atoms with Crippen LogP contribution >= 0.6 is 11.6 Å². The summed E-state index contributed by atoms with van der Waals surface area (Å²) < 4.78 is 40.5. The minimum absolute atomic E-state index is 0.00108. The Morgan fingerprint density at radius 2 is 2.19 bits per heavy atom. The van der Waals surface area contributed by atoms with Gasteiger partial charge < -0.3 is 5.32 Å². The van der Waals surface area contributed by atoms with Crippen LogP contribution in [0.3, 0.4) is 0 Å². The van der Waals surface area contributed by atoms with Crippen LogP contribution in [0.4, 0.5) is 4.39 Å². The van der Waals surface area contributed by atoms with Crippen molar-refractivity contribution in [1.82, 2.24) is 9.62 Å². The molecule has 2 heterocycles. The van der Waals surface area contributed by atoms with E-state index in [0.717, 1.165) is 25.6 Å². The smallest absolute Gasteiger partial charge is 0.243 e. The fraction of sp³-hybridized carbons (Fsp3) is 0.571. The predicted molar refractivity (Wildman–Crippen MR) is 79.2 cm³/mol. The standard InChI is InChI=1S/C14H18ClFN2O2S/c1-2-14-11-7-17-6-9(11)8-18(14)21(19,20)10-3-4-13(16)12(15)5-10/h3-5,9,11,14,17H,2,6-8H2,1H3. The van der Waals surface area contributed by atoms with Crippen LogP contribution in [0.15, 0.2) is 23.1 Å². The van der Waals surface area contributed by atoms with Gasteiger partial charge in [-0.05, 0) is 49.5 Å². The van der Waals surface area contributed by atoms with Crippen LogP contribution in [0.2, 0.25) is 5.02 Å². The molecule has 4 nitrogen and oxygen atoms in total. The van der Waals surface area contributed by atoms with Crippen LogP contribution in [0.25, 0.3) is 0 Å². The Bertz CT molecular complexity index is 652. The van der Waals surface area contributed by atoms with Crippen molar-refractivity contribution in [3.8, 4) is 0 Å². The van der Waals surface area contributed by atoms with E-state index in [0.29, 0.717) is 18.4 Å². The Morgan fingerprint density at radius 3 is 2.86 bits per heavy atom. The van der Waals surface area contributed by atoms with E-state index in [4.69, 9.17) is 11.6 Å². The van der Waals surface area contributed by atoms with E-state index in [1.807, 2.05) is 6.92 Å². The summed E-state index contributed by atoms with van der Waals surface area (Å²) in [6, 6.07) is 3.59. The molecule has 0 radical (unpaired) electrons. The maximum absolute atomic E-state index is 13.2. The number of benzene rings is 1. The lowest BCUT2D eigenvalue weighted by atomic mass is 9.93. The summed E-state index contributed by atoms with van der Waals surface area (Å²) in [6.45, 7) is 4.25. The SMILES string of the molecule is CCC1C2CNCC2CN1S(=O)(=O)c1ccc(F)c(Cl)c1. The minimum atomic E-state index is -3.63. The highest BCUT2D eigenvalue weighted by Gasteiger charge is 2.48. The first-order chi connectivity index (χ1) is 9.95. The quantitative estimate of drug-likeness (QED) is 0.922. The molecule has 3 rings (SSSR count). The molecule has 3 unspecified atom stereocenters. The highest BCUT2D eigenvalue weighted by molar-refractivity contribution is 7.89. The highest BCUT2D eigenvalue weighted by Crippen LogP contribution is 2.38. The molecular formula is C14H18ClFN2O2S. The van der Waals surface area contributed by atoms with E-state index < -0.39 is 15.8 Å². The molecule has 2 aliphatic heterocycles. The summed E-state index contributed by atoms with van der Waals surface area (Å²) >= 11 is 5.72. The number of hydrogen-bond acceptors (Lipinski definition) is 3. The zero-order valence-electron chi connectivity index (χ0n) is 11.7. The molecule has 1 aromatic carbocycles. The van der Waals surface area contributed by atoms with Gasteiger partial charge in [0, 0.05) is 12.6 Å². The van der Waals surface area contributed by atoms with Gasteiger partial charge in [0.15, 0.2) is 0 Å². The largest absolute Gasteiger partial charge is 0.316 e. The fourth-order valence-corrected chi connectivity index (χ4v) is 5.61. The van der Waals surface area contributed by atoms with Crippen LogP contribution in [-0.4, -0.2) is 38.4 Å². The maximum Gasteiger partial charge on any atom is 0.243 e. The number of sulfonamides is 1. The van der Waals surface area contributed by atoms with Gasteiger partial charge in [-0.25, -0.2) is 12.8 Å². The lowest BCUT2D eigenvalue weighted by molar-refractivity contribution is 0.329. The summed E-state index contributed by atoms with van der Waals surface area (Å²) in [6.07, 6.45) is 0.775. The average molecular weight is 333 g/mol. The molecule has 1 aromatic rings. The summed E-state index contributed by atoms with van der Waals surface area (Å²) in [5.74, 6) is 0.117. The van der Waals surface area contributed by atoms with E-state index in [-0.39, 0.29) is 16.0 Å². The third kappa shape index (κ3) is 2.48. The third-order valence-electron chi connectivity index (χ3n) is 4.59. The first-order valence-corrected chi connectivity index (χ1v) is 8.94. The van der Waals surface area contributed by atoms with Gasteiger partial charge in [0.2, 0.25) is 10.0 Å². The highest BCUT2D eigenvalue weighted by atomic mass is 35.5. The summed E-state index contributed by atoms with van der Waals surface area (Å²) in [5.41, 5.74) is 0. The zero-order valence-corrected chi connectivity index (χ0v) is 13.3. The van der Waals surface area contributed by atoms with E-state index in [1.165, 1.54) is 12.1 Å². The Hall–Kier alpha value is -0.690. The zero-order chi connectivity index (χ0) is 15.2. The third-order valence-corrected chi connectivity index (χ3v) is 6.76. The molecule has 3 atom stereocenters. The number of rotatable bonds is 3. The van der Waals surface area contributed by atoms with E-state index in [9.17, 15) is 12.8 Å². The molecule has 1 N–H and O–H groups in total. The van der Waals surface area contributed by atoms with Crippen molar-refractivity contribution in [2.45, 2.75) is 24.3 Å². The molecule has 116 valence electrons. The molecule has 21 heavy (non-hydrogen) atoms. The Balaban J connectivity index is 1.96. The molecular weight excluding hydrogens is 315 g/mol. The van der Waals surface area contributed by atoms with Crippen LogP contribution in [-0.2, 0) is 10.0 Å². The Kier molecular flexibility index (Phi) is 3.98. The van der Waals surface area contributed by atoms with Crippen molar-refractivity contribution in [2.75, 3.05) is 19.6 Å². The van der Waals surface area contributed by atoms with Gasteiger partial charge >= 0.3 is 0 Å². The molecule has 0 aromatic heterocycles. The summed E-state index contributed by atoms with van der Waals surface area (Å²) in [7, 11) is -3.63. The fourth-order valence-electron chi connectivity index (χ4n) is 3.54. The van der Waals surface area contributed by atoms with Crippen LogP contribution in [0.1, 0.15) is 13.3 Å². The molecule has 0 aliphatic carbocycles. The second kappa shape index (κ2) is 5.50. The van der Waals surface area contributed by atoms with Gasteiger partial charge in [-0.15, -0.1) is 0 Å². The van der Waals surface area contributed by atoms with Crippen molar-refractivity contribution >= 4 is 21.6 Å². The Labute approximate surface area is 129 Å². The van der Waals surface area contributed by atoms with Crippen molar-refractivity contribution in [1.29, 1.82) is 0 Å². The number of fused-ring (bicyclic) bond motifs is 1. The van der Waals surface area contributed by atoms with Crippen LogP contribution < -0.4 is 5.32 Å². The van der Waals surface area contributed by atoms with Crippen molar-refractivity contribution in [3.63, 3.8) is 0 Å². The maximum atomic E-state index is 13.2. The first kappa shape index (κ1) is 15.2. The normalized spacial score (nSPS) is 29.8. The lowest BCUT2D eigenvalue weighted by Crippen LogP contribution is -2.39. The van der Waals surface area contributed by atoms with E-state index in [2.05, 4.69) is 5.32 Å². The van der Waals surface area contributed by atoms with Crippen molar-refractivity contribution < 1.29 is 12.8 Å². The monoisotopic (exact) mass is 332 g/mol. The van der Waals surface area contributed by atoms with Gasteiger partial charge in [-0.1, -0.05) is 18.5 Å². The summed E-state index contributed by atoms with van der Waals surface area (Å²) in [5, 5.41) is 3.16. The summed E-state index contributed by atoms with van der Waals surface area (Å²) in [4.78, 5) is 0.0697. The van der Waals surface area contributed by atoms with E-state index in [1.54, 1.807) is 4.31 Å². The van der Waals surface area contributed by atoms with Gasteiger partial charge in [-0.3, -0.25) is 0 Å². The number of nitrogens with zero attached hydrogens (tertiary/aromatic N) is 1. The lowest BCUT2D eigenvalue weighted by Gasteiger charge is -2.26. The van der Waals surface area contributed by atoms with Crippen LogP contribution in [0.5, 0.6) is 0 Å². The van der Waals surface area contributed by atoms with Crippen molar-refractivity contribution in [3.05, 3.63) is 29.0 Å². The molecule has 2 aliphatic rings. The van der Waals surface area contributed by atoms with Crippen molar-refractivity contribution in [2.24, 2.45) is 11.8 Å². The molecule has 0 bridgehead atoms. The Morgan fingerprint density at radius 1 is 1.43 bits per heavy atom. The number of nitrogens with one attached hydrogen (secondary N) is 1. The topological polar surface area (TPSA) is 49.4 Å². The predicted octanol–water partition coefficient (Wildman–Crippen LogP) is 2.10. The molecule has 7 heteroatoms. The molecule has 0 amide bonds. The average Bonchev–Trinajstić information content (AvgIpc) is 3.01. The second-order valence-electron chi connectivity index (χ2n) is 5.71. The van der Waals surface area contributed by atoms with Gasteiger partial charge in [0.25, 0.3) is 0 Å². The van der Waals surface area contributed by atoms with Gasteiger partial charge in [0.1, 0.15) is 5.82 Å². The molecule has 2 saturated heterocycles. The van der Waals surface area contributed by atoms with E-state index >= 15 is 0 Å². The number of halogens is 2. The van der Waals surface area contributed by atoms with Crippen LogP contribution in [0, 0.1) is 17.7 Å². The first-order valence-electron chi connectivity index (χ1n) is 7.12. The van der Waals surface area contributed by atoms with Gasteiger partial charge in [-0.2, -0.15) is 4.31 Å². The molecule has 0 spiro atoms. The number of hydrogen-bond donors (Lipinski definition) is 1. The van der Waals surface area contributed by atoms with Gasteiger partial charge in [0.05, 0.1) is 9.92 Å².